The van der Waals surface area contributed by atoms with Gasteiger partial charge in [-0.25, -0.2) is 0 Å². The van der Waals surface area contributed by atoms with E-state index in [4.69, 9.17) is 10.6 Å². The second-order valence-corrected chi connectivity index (χ2v) is 5.76. The van der Waals surface area contributed by atoms with Gasteiger partial charge in [-0.3, -0.25) is 0 Å². The van der Waals surface area contributed by atoms with Crippen LogP contribution in [0.3, 0.4) is 0 Å². The second kappa shape index (κ2) is 8.33. The summed E-state index contributed by atoms with van der Waals surface area (Å²) in [6, 6.07) is 0. The SMILES string of the molecule is C1=CC2C=CN(CN3C=CC4CCC[N-]C43)C2[N-]C1.[CH3-].[CH3-].[Pt+4]. The summed E-state index contributed by atoms with van der Waals surface area (Å²) in [4.78, 5) is 4.73. The molecule has 4 atom stereocenters. The van der Waals surface area contributed by atoms with Crippen molar-refractivity contribution in [2.75, 3.05) is 19.8 Å². The standard InChI is InChI=1S/C15H20N4.2CH3.Pt/c1-3-12-5-9-18(14(12)16-7-1)11-19-10-6-13-4-2-8-17-15(13)19;;;/h1,3,5-6,9-10,12-15H,2,4,7-8,11H2;2*1H3;/q-2;2*-1;+4. The van der Waals surface area contributed by atoms with E-state index in [2.05, 4.69) is 46.5 Å². The molecule has 0 aromatic carbocycles. The van der Waals surface area contributed by atoms with Gasteiger partial charge in [-0.15, -0.1) is 19.2 Å². The van der Waals surface area contributed by atoms with E-state index in [1.165, 1.54) is 12.8 Å². The van der Waals surface area contributed by atoms with Gasteiger partial charge in [-0.1, -0.05) is 30.8 Å². The maximum atomic E-state index is 4.79. The normalized spacial score (nSPS) is 34.4. The summed E-state index contributed by atoms with van der Waals surface area (Å²) in [5.41, 5.74) is 0. The van der Waals surface area contributed by atoms with Gasteiger partial charge in [-0.2, -0.15) is 0 Å². The number of nitrogens with zero attached hydrogens (tertiary/aromatic N) is 4. The number of fused-ring (bicyclic) bond motifs is 2. The Morgan fingerprint density at radius 3 is 2.59 bits per heavy atom. The molecule has 22 heavy (non-hydrogen) atoms. The van der Waals surface area contributed by atoms with E-state index < -0.39 is 0 Å². The first-order chi connectivity index (χ1) is 9.42. The second-order valence-electron chi connectivity index (χ2n) is 5.76. The fraction of sp³-hybridized carbons (Fsp3) is 0.529. The third kappa shape index (κ3) is 3.50. The van der Waals surface area contributed by atoms with Crippen LogP contribution in [0.25, 0.3) is 10.6 Å². The Kier molecular flexibility index (Phi) is 7.37. The Morgan fingerprint density at radius 1 is 0.955 bits per heavy atom. The minimum absolute atomic E-state index is 0. The molecule has 4 aliphatic heterocycles. The van der Waals surface area contributed by atoms with Gasteiger partial charge in [0, 0.05) is 0 Å². The number of hydrogen-bond acceptors (Lipinski definition) is 2. The zero-order valence-corrected chi connectivity index (χ0v) is 15.7. The van der Waals surface area contributed by atoms with E-state index in [0.29, 0.717) is 24.2 Å². The summed E-state index contributed by atoms with van der Waals surface area (Å²) in [7, 11) is 0. The van der Waals surface area contributed by atoms with E-state index in [1.807, 2.05) is 0 Å². The van der Waals surface area contributed by atoms with Crippen molar-refractivity contribution in [1.82, 2.24) is 9.80 Å². The molecule has 0 amide bonds. The fourth-order valence-electron chi connectivity index (χ4n) is 3.54. The summed E-state index contributed by atoms with van der Waals surface area (Å²) in [6.07, 6.45) is 16.7. The van der Waals surface area contributed by atoms with Crippen LogP contribution in [0.4, 0.5) is 0 Å². The van der Waals surface area contributed by atoms with Crippen molar-refractivity contribution in [3.8, 4) is 0 Å². The molecule has 4 nitrogen and oxygen atoms in total. The van der Waals surface area contributed by atoms with Gasteiger partial charge in [0.25, 0.3) is 0 Å². The molecule has 4 unspecified atom stereocenters. The molecule has 5 heteroatoms. The van der Waals surface area contributed by atoms with Crippen molar-refractivity contribution < 1.29 is 21.1 Å². The third-order valence-corrected chi connectivity index (χ3v) is 4.53. The van der Waals surface area contributed by atoms with Gasteiger partial charge in [0.15, 0.2) is 0 Å². The van der Waals surface area contributed by atoms with Gasteiger partial charge in [0.2, 0.25) is 0 Å². The molecule has 4 rings (SSSR count). The topological polar surface area (TPSA) is 34.7 Å². The zero-order chi connectivity index (χ0) is 12.7. The molecule has 0 spiro atoms. The van der Waals surface area contributed by atoms with Gasteiger partial charge in [-0.05, 0) is 36.8 Å². The predicted molar refractivity (Wildman–Crippen MR) is 89.0 cm³/mol. The molecule has 124 valence electrons. The average Bonchev–Trinajstić information content (AvgIpc) is 3.05. The summed E-state index contributed by atoms with van der Waals surface area (Å²) >= 11 is 0. The van der Waals surface area contributed by atoms with Gasteiger partial charge >= 0.3 is 21.1 Å². The molecule has 0 aromatic rings. The summed E-state index contributed by atoms with van der Waals surface area (Å²) in [5.74, 6) is 1.11. The minimum atomic E-state index is 0. The van der Waals surface area contributed by atoms with Crippen molar-refractivity contribution >= 4 is 0 Å². The monoisotopic (exact) mass is 481 g/mol. The summed E-state index contributed by atoms with van der Waals surface area (Å²) in [6.45, 7) is 2.79. The molecule has 0 radical (unpaired) electrons. The van der Waals surface area contributed by atoms with Crippen LogP contribution in [0, 0.1) is 26.7 Å². The van der Waals surface area contributed by atoms with Crippen molar-refractivity contribution in [3.05, 3.63) is 62.2 Å². The van der Waals surface area contributed by atoms with Crippen LogP contribution in [0.2, 0.25) is 0 Å². The van der Waals surface area contributed by atoms with Crippen LogP contribution >= 0.6 is 0 Å². The average molecular weight is 482 g/mol. The Balaban J connectivity index is 0.000000807. The first-order valence-corrected chi connectivity index (χ1v) is 7.30. The van der Waals surface area contributed by atoms with E-state index in [9.17, 15) is 0 Å². The number of piperidine rings is 1. The maximum absolute atomic E-state index is 4.79. The Morgan fingerprint density at radius 2 is 1.73 bits per heavy atom. The molecule has 0 saturated carbocycles. The van der Waals surface area contributed by atoms with Crippen LogP contribution in [0.5, 0.6) is 0 Å². The molecule has 4 aliphatic rings. The minimum Gasteiger partial charge on any atom is -0.642 e. The summed E-state index contributed by atoms with van der Waals surface area (Å²) < 4.78 is 0. The van der Waals surface area contributed by atoms with Crippen LogP contribution in [-0.2, 0) is 21.1 Å². The smallest absolute Gasteiger partial charge is 0.642 e. The van der Waals surface area contributed by atoms with Crippen LogP contribution < -0.4 is 0 Å². The third-order valence-electron chi connectivity index (χ3n) is 4.53. The van der Waals surface area contributed by atoms with Gasteiger partial charge in [0.1, 0.15) is 0 Å². The van der Waals surface area contributed by atoms with Gasteiger partial charge in [0.05, 0.1) is 6.67 Å². The van der Waals surface area contributed by atoms with Crippen molar-refractivity contribution in [3.63, 3.8) is 0 Å². The zero-order valence-electron chi connectivity index (χ0n) is 13.4. The molecule has 0 aromatic heterocycles. The maximum Gasteiger partial charge on any atom is 4.00 e. The summed E-state index contributed by atoms with van der Waals surface area (Å²) in [5, 5.41) is 9.50. The molecule has 0 aliphatic carbocycles. The van der Waals surface area contributed by atoms with Crippen LogP contribution in [-0.4, -0.2) is 41.9 Å². The molecular formula is C17H26N4Pt. The molecule has 1 saturated heterocycles. The fourth-order valence-corrected chi connectivity index (χ4v) is 3.54. The number of hydrogen-bond donors (Lipinski definition) is 0. The van der Waals surface area contributed by atoms with Crippen molar-refractivity contribution in [2.24, 2.45) is 11.8 Å². The van der Waals surface area contributed by atoms with Crippen molar-refractivity contribution in [2.45, 2.75) is 25.2 Å². The van der Waals surface area contributed by atoms with E-state index in [-0.39, 0.29) is 35.9 Å². The van der Waals surface area contributed by atoms with E-state index >= 15 is 0 Å². The number of rotatable bonds is 2. The van der Waals surface area contributed by atoms with Gasteiger partial charge < -0.3 is 35.3 Å². The van der Waals surface area contributed by atoms with Crippen LogP contribution in [0.15, 0.2) is 36.7 Å². The first kappa shape index (κ1) is 19.5. The first-order valence-electron chi connectivity index (χ1n) is 7.30. The molecule has 0 bridgehead atoms. The quantitative estimate of drug-likeness (QED) is 0.447. The predicted octanol–water partition coefficient (Wildman–Crippen LogP) is 3.50. The molecular weight excluding hydrogens is 455 g/mol. The van der Waals surface area contributed by atoms with Crippen molar-refractivity contribution in [1.29, 1.82) is 0 Å². The Bertz CT molecular complexity index is 434. The Labute approximate surface area is 150 Å². The molecule has 4 heterocycles. The molecule has 0 N–H and O–H groups in total. The Hall–Kier alpha value is -0.572. The molecule has 1 fully saturated rings. The largest absolute Gasteiger partial charge is 4.00 e. The van der Waals surface area contributed by atoms with E-state index in [1.54, 1.807) is 0 Å². The van der Waals surface area contributed by atoms with E-state index in [0.717, 1.165) is 19.8 Å². The van der Waals surface area contributed by atoms with Crippen LogP contribution in [0.1, 0.15) is 12.8 Å².